The summed E-state index contributed by atoms with van der Waals surface area (Å²) in [5.74, 6) is 2.60. The van der Waals surface area contributed by atoms with E-state index in [2.05, 4.69) is 5.32 Å². The number of anilines is 2. The fourth-order valence-electron chi connectivity index (χ4n) is 2.55. The predicted octanol–water partition coefficient (Wildman–Crippen LogP) is 2.88. The number of nitrogens with one attached hydrogen (secondary N) is 1. The first-order valence-corrected chi connectivity index (χ1v) is 6.47. The van der Waals surface area contributed by atoms with Crippen LogP contribution in [0, 0.1) is 11.8 Å². The summed E-state index contributed by atoms with van der Waals surface area (Å²) in [7, 11) is 1.68. The molecule has 2 aliphatic carbocycles. The Balaban J connectivity index is 1.76. The molecule has 2 aliphatic rings. The number of hydrogen-bond donors (Lipinski definition) is 2. The third-order valence-electron chi connectivity index (χ3n) is 3.76. The van der Waals surface area contributed by atoms with Gasteiger partial charge in [0.1, 0.15) is 5.75 Å². The molecular formula is C14H20N2O. The molecule has 3 rings (SSSR count). The van der Waals surface area contributed by atoms with Gasteiger partial charge in [0.15, 0.2) is 0 Å². The van der Waals surface area contributed by atoms with Gasteiger partial charge in [0.05, 0.1) is 7.11 Å². The van der Waals surface area contributed by atoms with Crippen LogP contribution in [0.3, 0.4) is 0 Å². The molecule has 2 fully saturated rings. The molecule has 0 saturated heterocycles. The summed E-state index contributed by atoms with van der Waals surface area (Å²) in [5.41, 5.74) is 7.74. The van der Waals surface area contributed by atoms with Crippen LogP contribution in [0.5, 0.6) is 5.75 Å². The minimum Gasteiger partial charge on any atom is -0.497 e. The lowest BCUT2D eigenvalue weighted by Crippen LogP contribution is -2.24. The van der Waals surface area contributed by atoms with Gasteiger partial charge in [-0.25, -0.2) is 0 Å². The zero-order valence-corrected chi connectivity index (χ0v) is 10.3. The summed E-state index contributed by atoms with van der Waals surface area (Å²) < 4.78 is 5.25. The maximum atomic E-state index is 5.87. The van der Waals surface area contributed by atoms with Gasteiger partial charge in [-0.05, 0) is 43.6 Å². The number of methoxy groups -OCH3 is 1. The average molecular weight is 232 g/mol. The summed E-state index contributed by atoms with van der Waals surface area (Å²) in [5, 5.41) is 3.66. The average Bonchev–Trinajstić information content (AvgIpc) is 3.16. The zero-order chi connectivity index (χ0) is 11.8. The molecule has 3 heteroatoms. The lowest BCUT2D eigenvalue weighted by Gasteiger charge is -2.19. The van der Waals surface area contributed by atoms with E-state index >= 15 is 0 Å². The maximum absolute atomic E-state index is 5.87. The summed E-state index contributed by atoms with van der Waals surface area (Å²) in [6.07, 6.45) is 5.53. The Kier molecular flexibility index (Phi) is 2.61. The van der Waals surface area contributed by atoms with Gasteiger partial charge >= 0.3 is 0 Å². The lowest BCUT2D eigenvalue weighted by molar-refractivity contribution is 0.415. The molecule has 0 aromatic heterocycles. The molecule has 1 aromatic rings. The Labute approximate surface area is 102 Å². The van der Waals surface area contributed by atoms with Crippen LogP contribution < -0.4 is 15.8 Å². The van der Waals surface area contributed by atoms with Crippen LogP contribution in [0.2, 0.25) is 0 Å². The molecule has 0 radical (unpaired) electrons. The van der Waals surface area contributed by atoms with Crippen molar-refractivity contribution >= 4 is 11.4 Å². The first-order valence-electron chi connectivity index (χ1n) is 6.47. The minimum atomic E-state index is 0.654. The topological polar surface area (TPSA) is 47.3 Å². The summed E-state index contributed by atoms with van der Waals surface area (Å²) in [4.78, 5) is 0. The molecule has 3 nitrogen and oxygen atoms in total. The molecular weight excluding hydrogens is 212 g/mol. The molecule has 92 valence electrons. The molecule has 3 N–H and O–H groups in total. The Morgan fingerprint density at radius 3 is 2.35 bits per heavy atom. The Morgan fingerprint density at radius 1 is 1.18 bits per heavy atom. The van der Waals surface area contributed by atoms with E-state index in [0.29, 0.717) is 6.04 Å². The molecule has 0 bridgehead atoms. The van der Waals surface area contributed by atoms with Gasteiger partial charge in [0, 0.05) is 29.5 Å². The number of benzene rings is 1. The summed E-state index contributed by atoms with van der Waals surface area (Å²) in [6.45, 7) is 0. The van der Waals surface area contributed by atoms with Gasteiger partial charge in [-0.2, -0.15) is 0 Å². The number of rotatable bonds is 5. The van der Waals surface area contributed by atoms with Crippen molar-refractivity contribution in [1.29, 1.82) is 0 Å². The second kappa shape index (κ2) is 4.13. The van der Waals surface area contributed by atoms with Crippen molar-refractivity contribution in [3.8, 4) is 5.75 Å². The number of nitrogen functional groups attached to an aromatic ring is 1. The van der Waals surface area contributed by atoms with E-state index in [1.807, 2.05) is 18.2 Å². The molecule has 17 heavy (non-hydrogen) atoms. The quantitative estimate of drug-likeness (QED) is 0.767. The second-order valence-corrected chi connectivity index (χ2v) is 5.34. The number of nitrogens with two attached hydrogens (primary N) is 1. The van der Waals surface area contributed by atoms with E-state index in [0.717, 1.165) is 29.0 Å². The highest BCUT2D eigenvalue weighted by Crippen LogP contribution is 2.46. The fourth-order valence-corrected chi connectivity index (χ4v) is 2.55. The fraction of sp³-hybridized carbons (Fsp3) is 0.571. The van der Waals surface area contributed by atoms with Crippen LogP contribution in [-0.4, -0.2) is 13.2 Å². The molecule has 0 amide bonds. The Morgan fingerprint density at radius 2 is 1.82 bits per heavy atom. The van der Waals surface area contributed by atoms with Crippen molar-refractivity contribution in [3.05, 3.63) is 18.2 Å². The third-order valence-corrected chi connectivity index (χ3v) is 3.76. The van der Waals surface area contributed by atoms with Crippen LogP contribution in [0.4, 0.5) is 11.4 Å². The van der Waals surface area contributed by atoms with Crippen LogP contribution in [-0.2, 0) is 0 Å². The molecule has 0 heterocycles. The molecule has 0 aliphatic heterocycles. The van der Waals surface area contributed by atoms with E-state index in [9.17, 15) is 0 Å². The van der Waals surface area contributed by atoms with Crippen LogP contribution >= 0.6 is 0 Å². The van der Waals surface area contributed by atoms with Crippen LogP contribution in [0.15, 0.2) is 18.2 Å². The largest absolute Gasteiger partial charge is 0.497 e. The Hall–Kier alpha value is -1.38. The van der Waals surface area contributed by atoms with E-state index in [-0.39, 0.29) is 0 Å². The highest BCUT2D eigenvalue weighted by molar-refractivity contribution is 5.59. The molecule has 0 atom stereocenters. The van der Waals surface area contributed by atoms with Crippen molar-refractivity contribution in [2.24, 2.45) is 11.8 Å². The maximum Gasteiger partial charge on any atom is 0.122 e. The van der Waals surface area contributed by atoms with Gasteiger partial charge in [-0.15, -0.1) is 0 Å². The van der Waals surface area contributed by atoms with E-state index < -0.39 is 0 Å². The van der Waals surface area contributed by atoms with Crippen molar-refractivity contribution in [2.45, 2.75) is 31.7 Å². The van der Waals surface area contributed by atoms with Gasteiger partial charge in [-0.1, -0.05) is 0 Å². The van der Waals surface area contributed by atoms with Crippen LogP contribution in [0.1, 0.15) is 25.7 Å². The number of ether oxygens (including phenoxy) is 1. The lowest BCUT2D eigenvalue weighted by atomic mass is 10.1. The van der Waals surface area contributed by atoms with E-state index in [4.69, 9.17) is 10.5 Å². The van der Waals surface area contributed by atoms with Crippen molar-refractivity contribution < 1.29 is 4.74 Å². The van der Waals surface area contributed by atoms with E-state index in [1.54, 1.807) is 7.11 Å². The number of hydrogen-bond acceptors (Lipinski definition) is 3. The molecule has 0 spiro atoms. The normalized spacial score (nSPS) is 19.4. The first kappa shape index (κ1) is 10.8. The smallest absolute Gasteiger partial charge is 0.122 e. The van der Waals surface area contributed by atoms with Gasteiger partial charge in [-0.3, -0.25) is 0 Å². The standard InChI is InChI=1S/C14H20N2O/c1-17-13-7-11(15)6-12(8-13)16-14(9-2-3-9)10-4-5-10/h6-10,14,16H,2-5,15H2,1H3. The molecule has 0 unspecified atom stereocenters. The molecule has 2 saturated carbocycles. The molecule has 1 aromatic carbocycles. The highest BCUT2D eigenvalue weighted by atomic mass is 16.5. The highest BCUT2D eigenvalue weighted by Gasteiger charge is 2.41. The Bertz CT molecular complexity index is 399. The predicted molar refractivity (Wildman–Crippen MR) is 70.3 cm³/mol. The summed E-state index contributed by atoms with van der Waals surface area (Å²) in [6, 6.07) is 6.55. The van der Waals surface area contributed by atoms with Gasteiger partial charge in [0.2, 0.25) is 0 Å². The monoisotopic (exact) mass is 232 g/mol. The first-order chi connectivity index (χ1) is 8.26. The van der Waals surface area contributed by atoms with E-state index in [1.165, 1.54) is 25.7 Å². The second-order valence-electron chi connectivity index (χ2n) is 5.34. The van der Waals surface area contributed by atoms with Gasteiger partial charge < -0.3 is 15.8 Å². The van der Waals surface area contributed by atoms with Crippen molar-refractivity contribution in [2.75, 3.05) is 18.2 Å². The summed E-state index contributed by atoms with van der Waals surface area (Å²) >= 11 is 0. The zero-order valence-electron chi connectivity index (χ0n) is 10.3. The van der Waals surface area contributed by atoms with Gasteiger partial charge in [0.25, 0.3) is 0 Å². The SMILES string of the molecule is COc1cc(N)cc(NC(C2CC2)C2CC2)c1. The minimum absolute atomic E-state index is 0.654. The van der Waals surface area contributed by atoms with Crippen molar-refractivity contribution in [1.82, 2.24) is 0 Å². The van der Waals surface area contributed by atoms with Crippen LogP contribution in [0.25, 0.3) is 0 Å². The third kappa shape index (κ3) is 2.48. The van der Waals surface area contributed by atoms with Crippen molar-refractivity contribution in [3.63, 3.8) is 0 Å².